The number of nitrogens with zero attached hydrogens (tertiary/aromatic N) is 4. The van der Waals surface area contributed by atoms with Gasteiger partial charge in [0.2, 0.25) is 5.91 Å². The number of para-hydroxylation sites is 1. The normalized spacial score (nSPS) is 12.0. The van der Waals surface area contributed by atoms with Gasteiger partial charge in [0.15, 0.2) is 8.68 Å². The number of fused-ring (bicyclic) bond motifs is 2. The quantitative estimate of drug-likeness (QED) is 0.0848. The van der Waals surface area contributed by atoms with E-state index in [1.54, 1.807) is 12.3 Å². The van der Waals surface area contributed by atoms with E-state index in [2.05, 4.69) is 20.3 Å². The summed E-state index contributed by atoms with van der Waals surface area (Å²) < 4.78 is 3.57. The Morgan fingerprint density at radius 1 is 1.03 bits per heavy atom. The van der Waals surface area contributed by atoms with Gasteiger partial charge >= 0.3 is 0 Å². The minimum atomic E-state index is -0.378. The van der Waals surface area contributed by atoms with Crippen molar-refractivity contribution in [3.05, 3.63) is 76.3 Å². The van der Waals surface area contributed by atoms with Gasteiger partial charge in [0.25, 0.3) is 5.69 Å². The van der Waals surface area contributed by atoms with E-state index in [0.717, 1.165) is 29.1 Å². The third-order valence-electron chi connectivity index (χ3n) is 5.21. The minimum absolute atomic E-state index is 0.0123. The van der Waals surface area contributed by atoms with Crippen LogP contribution < -0.4 is 5.32 Å². The number of rotatable bonds is 8. The Morgan fingerprint density at radius 3 is 2.54 bits per heavy atom. The summed E-state index contributed by atoms with van der Waals surface area (Å²) in [5.74, 6) is 0.268. The largest absolute Gasteiger partial charge is 0.351 e. The van der Waals surface area contributed by atoms with Gasteiger partial charge in [-0.1, -0.05) is 41.7 Å². The van der Waals surface area contributed by atoms with Gasteiger partial charge in [-0.15, -0.1) is 22.7 Å². The van der Waals surface area contributed by atoms with Gasteiger partial charge < -0.3 is 5.32 Å². The van der Waals surface area contributed by atoms with Gasteiger partial charge in [0.1, 0.15) is 0 Å². The van der Waals surface area contributed by atoms with Crippen LogP contribution in [0, 0.1) is 10.1 Å². The Labute approximate surface area is 241 Å². The minimum Gasteiger partial charge on any atom is -0.351 e. The molecular formula is C27H23N5O3S4. The fourth-order valence-electron chi connectivity index (χ4n) is 3.60. The van der Waals surface area contributed by atoms with Gasteiger partial charge in [0.05, 0.1) is 41.7 Å². The van der Waals surface area contributed by atoms with Crippen molar-refractivity contribution in [1.29, 1.82) is 0 Å². The number of carbonyl (C=O) groups is 1. The van der Waals surface area contributed by atoms with Crippen LogP contribution in [0.2, 0.25) is 0 Å². The maximum Gasteiger partial charge on any atom is 0.283 e. The summed E-state index contributed by atoms with van der Waals surface area (Å²) in [6.07, 6.45) is 1.62. The fraction of sp³-hybridized carbons (Fsp3) is 0.185. The zero-order chi connectivity index (χ0) is 27.6. The molecule has 0 spiro atoms. The third-order valence-corrected chi connectivity index (χ3v) is 9.53. The summed E-state index contributed by atoms with van der Waals surface area (Å²) in [6, 6.07) is 18.5. The van der Waals surface area contributed by atoms with Crippen LogP contribution >= 0.6 is 46.2 Å². The van der Waals surface area contributed by atoms with Crippen LogP contribution in [0.1, 0.15) is 26.3 Å². The van der Waals surface area contributed by atoms with Crippen molar-refractivity contribution in [1.82, 2.24) is 15.3 Å². The number of thioether (sulfide) groups is 1. The summed E-state index contributed by atoms with van der Waals surface area (Å²) >= 11 is 5.71. The molecule has 0 atom stereocenters. The first kappa shape index (κ1) is 27.3. The predicted octanol–water partition coefficient (Wildman–Crippen LogP) is 7.72. The van der Waals surface area contributed by atoms with Crippen LogP contribution in [-0.2, 0) is 4.79 Å². The van der Waals surface area contributed by atoms with E-state index in [4.69, 9.17) is 0 Å². The van der Waals surface area contributed by atoms with Crippen molar-refractivity contribution in [3.63, 3.8) is 0 Å². The lowest BCUT2D eigenvalue weighted by Crippen LogP contribution is -2.41. The molecule has 0 unspecified atom stereocenters. The Morgan fingerprint density at radius 2 is 1.77 bits per heavy atom. The van der Waals surface area contributed by atoms with E-state index in [1.807, 2.05) is 69.3 Å². The number of nitrogens with one attached hydrogen (secondary N) is 1. The van der Waals surface area contributed by atoms with Crippen molar-refractivity contribution in [2.24, 2.45) is 4.99 Å². The second-order valence-electron chi connectivity index (χ2n) is 9.51. The number of aliphatic imine (C=N–C) groups is 1. The van der Waals surface area contributed by atoms with Crippen molar-refractivity contribution < 1.29 is 9.72 Å². The van der Waals surface area contributed by atoms with Crippen molar-refractivity contribution in [2.45, 2.75) is 39.9 Å². The van der Waals surface area contributed by atoms with E-state index < -0.39 is 0 Å². The molecule has 0 saturated carbocycles. The van der Waals surface area contributed by atoms with Crippen LogP contribution in [0.25, 0.3) is 20.4 Å². The highest BCUT2D eigenvalue weighted by Gasteiger charge is 2.18. The van der Waals surface area contributed by atoms with Crippen LogP contribution in [0.15, 0.2) is 79.2 Å². The highest BCUT2D eigenvalue weighted by Crippen LogP contribution is 2.39. The van der Waals surface area contributed by atoms with E-state index in [0.29, 0.717) is 21.9 Å². The average molecular weight is 594 g/mol. The molecule has 8 nitrogen and oxygen atoms in total. The lowest BCUT2D eigenvalue weighted by atomic mass is 10.1. The Hall–Kier alpha value is -3.32. The van der Waals surface area contributed by atoms with Gasteiger partial charge in [-0.25, -0.2) is 9.97 Å². The standard InChI is InChI=1S/C27H23N5O3S4/c1-27(2,3)31-24(33)15-36-25-29-19-10-9-17(13-23(19)39-25)28-14-16-8-11-22(20(12-16)32(34)35)38-26-30-18-6-4-5-7-21(18)37-26/h4-14H,15H2,1-3H3,(H,31,33). The Kier molecular flexibility index (Phi) is 7.98. The van der Waals surface area contributed by atoms with Crippen molar-refractivity contribution in [3.8, 4) is 0 Å². The summed E-state index contributed by atoms with van der Waals surface area (Å²) in [5.41, 5.74) is 2.80. The molecular weight excluding hydrogens is 571 g/mol. The molecule has 2 heterocycles. The number of benzene rings is 3. The summed E-state index contributed by atoms with van der Waals surface area (Å²) in [5, 5.41) is 14.8. The molecule has 1 N–H and O–H groups in total. The van der Waals surface area contributed by atoms with Gasteiger partial charge in [-0.3, -0.25) is 19.9 Å². The Balaban J connectivity index is 1.29. The molecule has 0 aliphatic heterocycles. The number of nitro benzene ring substituents is 1. The molecule has 198 valence electrons. The molecule has 39 heavy (non-hydrogen) atoms. The number of amides is 1. The lowest BCUT2D eigenvalue weighted by Gasteiger charge is -2.19. The molecule has 0 aliphatic rings. The number of hydrogen-bond acceptors (Lipinski definition) is 10. The first-order valence-corrected chi connectivity index (χ1v) is 15.3. The number of aromatic nitrogens is 2. The van der Waals surface area contributed by atoms with E-state index >= 15 is 0 Å². The lowest BCUT2D eigenvalue weighted by molar-refractivity contribution is -0.387. The van der Waals surface area contributed by atoms with Crippen LogP contribution in [0.3, 0.4) is 0 Å². The van der Waals surface area contributed by atoms with Gasteiger partial charge in [0, 0.05) is 17.8 Å². The second-order valence-corrected chi connectivity index (χ2v) is 14.1. The molecule has 12 heteroatoms. The number of hydrogen-bond donors (Lipinski definition) is 1. The zero-order valence-corrected chi connectivity index (χ0v) is 24.5. The molecule has 5 rings (SSSR count). The maximum atomic E-state index is 12.1. The highest BCUT2D eigenvalue weighted by molar-refractivity contribution is 8.01. The molecule has 0 bridgehead atoms. The molecule has 0 aliphatic carbocycles. The van der Waals surface area contributed by atoms with E-state index in [9.17, 15) is 14.9 Å². The van der Waals surface area contributed by atoms with E-state index in [-0.39, 0.29) is 22.1 Å². The number of thiazole rings is 2. The van der Waals surface area contributed by atoms with Crippen LogP contribution in [0.5, 0.6) is 0 Å². The van der Waals surface area contributed by atoms with Crippen LogP contribution in [-0.4, -0.2) is 38.3 Å². The molecule has 2 aromatic heterocycles. The summed E-state index contributed by atoms with van der Waals surface area (Å²) in [6.45, 7) is 5.85. The topological polar surface area (TPSA) is 110 Å². The van der Waals surface area contributed by atoms with Crippen molar-refractivity contribution in [2.75, 3.05) is 5.75 Å². The highest BCUT2D eigenvalue weighted by atomic mass is 32.2. The monoisotopic (exact) mass is 593 g/mol. The van der Waals surface area contributed by atoms with Crippen LogP contribution in [0.4, 0.5) is 11.4 Å². The smallest absolute Gasteiger partial charge is 0.283 e. The average Bonchev–Trinajstić information content (AvgIpc) is 3.48. The Bertz CT molecular complexity index is 1690. The summed E-state index contributed by atoms with van der Waals surface area (Å²) in [7, 11) is 0. The second kappa shape index (κ2) is 11.4. The van der Waals surface area contributed by atoms with Gasteiger partial charge in [-0.05, 0) is 62.7 Å². The van der Waals surface area contributed by atoms with Gasteiger partial charge in [-0.2, -0.15) is 0 Å². The predicted molar refractivity (Wildman–Crippen MR) is 162 cm³/mol. The molecule has 1 amide bonds. The molecule has 5 aromatic rings. The number of nitro groups is 1. The first-order chi connectivity index (χ1) is 18.6. The molecule has 0 radical (unpaired) electrons. The summed E-state index contributed by atoms with van der Waals surface area (Å²) in [4.78, 5) is 37.8. The third kappa shape index (κ3) is 7.01. The molecule has 3 aromatic carbocycles. The molecule has 0 fully saturated rings. The zero-order valence-electron chi connectivity index (χ0n) is 21.2. The fourth-order valence-corrected chi connectivity index (χ4v) is 7.61. The van der Waals surface area contributed by atoms with Crippen molar-refractivity contribution >= 4 is 90.1 Å². The van der Waals surface area contributed by atoms with E-state index in [1.165, 1.54) is 52.3 Å². The first-order valence-electron chi connectivity index (χ1n) is 11.8. The number of carbonyl (C=O) groups excluding carboxylic acids is 1. The SMILES string of the molecule is CC(C)(C)NC(=O)CSc1nc2ccc(N=Cc3ccc(Sc4nc5ccccc5s4)c([N+](=O)[O-])c3)cc2s1. The maximum absolute atomic E-state index is 12.1. The molecule has 0 saturated heterocycles.